The van der Waals surface area contributed by atoms with Gasteiger partial charge in [0.1, 0.15) is 0 Å². The maximum absolute atomic E-state index is 11.6. The molecule has 0 saturated heterocycles. The molecular weight excluding hydrogens is 212 g/mol. The maximum Gasteiger partial charge on any atom is 0.211 e. The van der Waals surface area contributed by atoms with Gasteiger partial charge in [0.2, 0.25) is 10.0 Å². The van der Waals surface area contributed by atoms with Crippen LogP contribution in [0.15, 0.2) is 0 Å². The Hall–Kier alpha value is -0.130. The first-order valence-corrected chi connectivity index (χ1v) is 7.40. The van der Waals surface area contributed by atoms with E-state index in [1.54, 1.807) is 0 Å². The van der Waals surface area contributed by atoms with Crippen LogP contribution >= 0.6 is 0 Å². The molecule has 15 heavy (non-hydrogen) atoms. The lowest BCUT2D eigenvalue weighted by molar-refractivity contribution is 0.310. The number of sulfonamides is 1. The molecule has 1 rings (SSSR count). The SMILES string of the molecule is CC1CCCCC1NS(=O)(=O)CCCN. The smallest absolute Gasteiger partial charge is 0.211 e. The second-order valence-corrected chi connectivity index (χ2v) is 6.32. The predicted octanol–water partition coefficient (Wildman–Crippen LogP) is 0.833. The van der Waals surface area contributed by atoms with Gasteiger partial charge in [-0.2, -0.15) is 0 Å². The van der Waals surface area contributed by atoms with Crippen LogP contribution in [0.25, 0.3) is 0 Å². The third-order valence-electron chi connectivity index (χ3n) is 3.06. The van der Waals surface area contributed by atoms with E-state index in [0.717, 1.165) is 19.3 Å². The van der Waals surface area contributed by atoms with Crippen molar-refractivity contribution >= 4 is 10.0 Å². The lowest BCUT2D eigenvalue weighted by Crippen LogP contribution is -2.42. The molecule has 4 nitrogen and oxygen atoms in total. The molecule has 1 aliphatic carbocycles. The summed E-state index contributed by atoms with van der Waals surface area (Å²) in [5.41, 5.74) is 5.30. The molecule has 2 unspecified atom stereocenters. The molecular formula is C10H22N2O2S. The second kappa shape index (κ2) is 5.82. The molecule has 90 valence electrons. The molecule has 0 aliphatic heterocycles. The van der Waals surface area contributed by atoms with Gasteiger partial charge in [-0.1, -0.05) is 19.8 Å². The Bertz CT molecular complexity index is 277. The Labute approximate surface area is 92.7 Å². The average Bonchev–Trinajstić information content (AvgIpc) is 2.18. The molecule has 1 fully saturated rings. The molecule has 0 amide bonds. The minimum Gasteiger partial charge on any atom is -0.330 e. The molecule has 0 aromatic carbocycles. The highest BCUT2D eigenvalue weighted by atomic mass is 32.2. The van der Waals surface area contributed by atoms with Gasteiger partial charge in [-0.3, -0.25) is 0 Å². The molecule has 0 spiro atoms. The van der Waals surface area contributed by atoms with Crippen molar-refractivity contribution in [2.45, 2.75) is 45.1 Å². The van der Waals surface area contributed by atoms with E-state index in [4.69, 9.17) is 5.73 Å². The lowest BCUT2D eigenvalue weighted by atomic mass is 9.87. The van der Waals surface area contributed by atoms with Gasteiger partial charge in [0, 0.05) is 6.04 Å². The van der Waals surface area contributed by atoms with Crippen LogP contribution in [0.4, 0.5) is 0 Å². The molecule has 0 heterocycles. The first-order valence-electron chi connectivity index (χ1n) is 5.75. The molecule has 0 aromatic rings. The lowest BCUT2D eigenvalue weighted by Gasteiger charge is -2.29. The summed E-state index contributed by atoms with van der Waals surface area (Å²) in [4.78, 5) is 0. The van der Waals surface area contributed by atoms with Crippen molar-refractivity contribution < 1.29 is 8.42 Å². The summed E-state index contributed by atoms with van der Waals surface area (Å²) in [7, 11) is -3.11. The van der Waals surface area contributed by atoms with Crippen LogP contribution in [0.5, 0.6) is 0 Å². The molecule has 5 heteroatoms. The third kappa shape index (κ3) is 4.49. The zero-order chi connectivity index (χ0) is 11.3. The van der Waals surface area contributed by atoms with Crippen molar-refractivity contribution in [3.8, 4) is 0 Å². The van der Waals surface area contributed by atoms with Crippen LogP contribution < -0.4 is 10.5 Å². The quantitative estimate of drug-likeness (QED) is 0.740. The standard InChI is InChI=1S/C10H22N2O2S/c1-9-5-2-3-6-10(9)12-15(13,14)8-4-7-11/h9-10,12H,2-8,11H2,1H3. The van der Waals surface area contributed by atoms with Crippen molar-refractivity contribution in [3.63, 3.8) is 0 Å². The fourth-order valence-electron chi connectivity index (χ4n) is 2.05. The Morgan fingerprint density at radius 3 is 2.60 bits per heavy atom. The van der Waals surface area contributed by atoms with E-state index >= 15 is 0 Å². The number of hydrogen-bond donors (Lipinski definition) is 2. The Kier molecular flexibility index (Phi) is 5.02. The van der Waals surface area contributed by atoms with Gasteiger partial charge in [0.05, 0.1) is 5.75 Å². The summed E-state index contributed by atoms with van der Waals surface area (Å²) in [6.07, 6.45) is 5.00. The van der Waals surface area contributed by atoms with Crippen molar-refractivity contribution in [2.75, 3.05) is 12.3 Å². The summed E-state index contributed by atoms with van der Waals surface area (Å²) < 4.78 is 26.1. The minimum atomic E-state index is -3.11. The molecule has 1 aliphatic rings. The zero-order valence-electron chi connectivity index (χ0n) is 9.41. The van der Waals surface area contributed by atoms with Gasteiger partial charge < -0.3 is 5.73 Å². The maximum atomic E-state index is 11.6. The van der Waals surface area contributed by atoms with Crippen LogP contribution in [-0.4, -0.2) is 26.8 Å². The fourth-order valence-corrected chi connectivity index (χ4v) is 3.53. The number of nitrogens with two attached hydrogens (primary N) is 1. The highest BCUT2D eigenvalue weighted by Crippen LogP contribution is 2.24. The van der Waals surface area contributed by atoms with E-state index in [9.17, 15) is 8.42 Å². The van der Waals surface area contributed by atoms with E-state index in [0.29, 0.717) is 18.9 Å². The summed E-state index contributed by atoms with van der Waals surface area (Å²) >= 11 is 0. The zero-order valence-corrected chi connectivity index (χ0v) is 10.2. The van der Waals surface area contributed by atoms with Gasteiger partial charge in [0.25, 0.3) is 0 Å². The Morgan fingerprint density at radius 1 is 1.33 bits per heavy atom. The van der Waals surface area contributed by atoms with Crippen LogP contribution in [0.2, 0.25) is 0 Å². The highest BCUT2D eigenvalue weighted by molar-refractivity contribution is 7.89. The van der Waals surface area contributed by atoms with Gasteiger partial charge in [0.15, 0.2) is 0 Å². The van der Waals surface area contributed by atoms with Crippen molar-refractivity contribution in [1.82, 2.24) is 4.72 Å². The average molecular weight is 234 g/mol. The highest BCUT2D eigenvalue weighted by Gasteiger charge is 2.25. The van der Waals surface area contributed by atoms with E-state index in [1.807, 2.05) is 0 Å². The molecule has 0 radical (unpaired) electrons. The first-order chi connectivity index (χ1) is 7.05. The molecule has 3 N–H and O–H groups in total. The molecule has 0 aromatic heterocycles. The van der Waals surface area contributed by atoms with Crippen LogP contribution in [0, 0.1) is 5.92 Å². The Balaban J connectivity index is 2.44. The fraction of sp³-hybridized carbons (Fsp3) is 1.00. The summed E-state index contributed by atoms with van der Waals surface area (Å²) in [5, 5.41) is 0. The van der Waals surface area contributed by atoms with Crippen molar-refractivity contribution in [3.05, 3.63) is 0 Å². The van der Waals surface area contributed by atoms with E-state index in [1.165, 1.54) is 6.42 Å². The number of hydrogen-bond acceptors (Lipinski definition) is 3. The van der Waals surface area contributed by atoms with E-state index in [2.05, 4.69) is 11.6 Å². The van der Waals surface area contributed by atoms with Crippen LogP contribution in [0.3, 0.4) is 0 Å². The topological polar surface area (TPSA) is 72.2 Å². The van der Waals surface area contributed by atoms with Crippen LogP contribution in [0.1, 0.15) is 39.0 Å². The predicted molar refractivity (Wildman–Crippen MR) is 62.0 cm³/mol. The van der Waals surface area contributed by atoms with Gasteiger partial charge >= 0.3 is 0 Å². The minimum absolute atomic E-state index is 0.140. The van der Waals surface area contributed by atoms with Crippen molar-refractivity contribution in [2.24, 2.45) is 11.7 Å². The number of nitrogens with one attached hydrogen (secondary N) is 1. The monoisotopic (exact) mass is 234 g/mol. The second-order valence-electron chi connectivity index (χ2n) is 4.45. The summed E-state index contributed by atoms with van der Waals surface area (Å²) in [5.74, 6) is 0.624. The Morgan fingerprint density at radius 2 is 2.00 bits per heavy atom. The van der Waals surface area contributed by atoms with E-state index in [-0.39, 0.29) is 11.8 Å². The normalized spacial score (nSPS) is 27.9. The van der Waals surface area contributed by atoms with Gasteiger partial charge in [-0.05, 0) is 31.7 Å². The first kappa shape index (κ1) is 12.9. The summed E-state index contributed by atoms with van der Waals surface area (Å²) in [6.45, 7) is 2.55. The molecule has 0 bridgehead atoms. The van der Waals surface area contributed by atoms with E-state index < -0.39 is 10.0 Å². The third-order valence-corrected chi connectivity index (χ3v) is 4.55. The van der Waals surface area contributed by atoms with Gasteiger partial charge in [-0.25, -0.2) is 13.1 Å². The molecule has 1 saturated carbocycles. The molecule has 2 atom stereocenters. The number of rotatable bonds is 5. The van der Waals surface area contributed by atoms with Crippen molar-refractivity contribution in [1.29, 1.82) is 0 Å². The summed E-state index contributed by atoms with van der Waals surface area (Å²) in [6, 6.07) is 0.140. The van der Waals surface area contributed by atoms with Crippen LogP contribution in [-0.2, 0) is 10.0 Å². The largest absolute Gasteiger partial charge is 0.330 e. The van der Waals surface area contributed by atoms with Gasteiger partial charge in [-0.15, -0.1) is 0 Å².